The van der Waals surface area contributed by atoms with Gasteiger partial charge >= 0.3 is 0 Å². The molecule has 1 N–H and O–H groups in total. The molecule has 0 saturated carbocycles. The second kappa shape index (κ2) is 6.10. The van der Waals surface area contributed by atoms with Crippen LogP contribution in [-0.2, 0) is 11.8 Å². The zero-order valence-electron chi connectivity index (χ0n) is 12.3. The van der Waals surface area contributed by atoms with Crippen LogP contribution in [0.25, 0.3) is 6.08 Å². The van der Waals surface area contributed by atoms with Crippen LogP contribution < -0.4 is 5.32 Å². The Balaban J connectivity index is 2.24. The van der Waals surface area contributed by atoms with Crippen LogP contribution in [0, 0.1) is 25.2 Å². The van der Waals surface area contributed by atoms with Gasteiger partial charge in [-0.25, -0.2) is 0 Å². The third-order valence-corrected chi connectivity index (χ3v) is 3.34. The van der Waals surface area contributed by atoms with Gasteiger partial charge in [-0.2, -0.15) is 5.26 Å². The van der Waals surface area contributed by atoms with E-state index in [0.29, 0.717) is 5.69 Å². The van der Waals surface area contributed by atoms with E-state index in [1.807, 2.05) is 61.9 Å². The zero-order valence-corrected chi connectivity index (χ0v) is 12.3. The fourth-order valence-corrected chi connectivity index (χ4v) is 2.00. The fourth-order valence-electron chi connectivity index (χ4n) is 2.00. The average molecular weight is 279 g/mol. The number of anilines is 1. The summed E-state index contributed by atoms with van der Waals surface area (Å²) in [7, 11) is 1.90. The first-order chi connectivity index (χ1) is 10.0. The summed E-state index contributed by atoms with van der Waals surface area (Å²) in [5.74, 6) is -0.401. The number of benzene rings is 1. The molecule has 0 spiro atoms. The fraction of sp³-hybridized carbons (Fsp3) is 0.176. The molecule has 1 aromatic heterocycles. The predicted octanol–water partition coefficient (Wildman–Crippen LogP) is 3.19. The molecular formula is C17H17N3O. The average Bonchev–Trinajstić information content (AvgIpc) is 2.76. The lowest BCUT2D eigenvalue weighted by Crippen LogP contribution is -2.13. The Morgan fingerprint density at radius 1 is 1.29 bits per heavy atom. The number of hydrogen-bond donors (Lipinski definition) is 1. The van der Waals surface area contributed by atoms with E-state index in [2.05, 4.69) is 5.32 Å². The Kier molecular flexibility index (Phi) is 4.24. The van der Waals surface area contributed by atoms with Gasteiger partial charge in [-0.3, -0.25) is 4.79 Å². The van der Waals surface area contributed by atoms with Gasteiger partial charge in [-0.05, 0) is 49.8 Å². The third kappa shape index (κ3) is 3.40. The van der Waals surface area contributed by atoms with Gasteiger partial charge in [0.05, 0.1) is 0 Å². The normalized spacial score (nSPS) is 11.0. The highest BCUT2D eigenvalue weighted by molar-refractivity contribution is 6.09. The van der Waals surface area contributed by atoms with Gasteiger partial charge in [0.2, 0.25) is 0 Å². The maximum atomic E-state index is 12.2. The Bertz CT molecular complexity index is 748. The summed E-state index contributed by atoms with van der Waals surface area (Å²) >= 11 is 0. The maximum absolute atomic E-state index is 12.2. The lowest BCUT2D eigenvalue weighted by Gasteiger charge is -2.05. The summed E-state index contributed by atoms with van der Waals surface area (Å²) in [6.45, 7) is 3.92. The molecule has 1 amide bonds. The van der Waals surface area contributed by atoms with Crippen molar-refractivity contribution in [2.75, 3.05) is 5.32 Å². The van der Waals surface area contributed by atoms with Crippen LogP contribution >= 0.6 is 0 Å². The van der Waals surface area contributed by atoms with Crippen molar-refractivity contribution < 1.29 is 4.79 Å². The van der Waals surface area contributed by atoms with Crippen molar-refractivity contribution >= 4 is 17.7 Å². The Hall–Kier alpha value is -2.80. The van der Waals surface area contributed by atoms with Gasteiger partial charge < -0.3 is 9.88 Å². The topological polar surface area (TPSA) is 57.8 Å². The quantitative estimate of drug-likeness (QED) is 0.693. The molecule has 0 saturated heterocycles. The van der Waals surface area contributed by atoms with Gasteiger partial charge in [0.25, 0.3) is 5.91 Å². The standard InChI is InChI=1S/C17H17N3O/c1-12-5-4-6-15(9-12)19-17(21)14(11-18)10-16-8-7-13(2)20(16)3/h4-10H,1-3H3,(H,19,21)/b14-10-. The summed E-state index contributed by atoms with van der Waals surface area (Å²) in [5, 5.41) is 11.9. The number of amides is 1. The molecule has 0 aliphatic rings. The highest BCUT2D eigenvalue weighted by Gasteiger charge is 2.10. The van der Waals surface area contributed by atoms with Gasteiger partial charge in [-0.1, -0.05) is 12.1 Å². The van der Waals surface area contributed by atoms with Gasteiger partial charge in [-0.15, -0.1) is 0 Å². The van der Waals surface area contributed by atoms with E-state index in [0.717, 1.165) is 17.0 Å². The Labute approximate surface area is 124 Å². The SMILES string of the molecule is Cc1cccc(NC(=O)/C(C#N)=C\c2ccc(C)n2C)c1. The molecule has 0 radical (unpaired) electrons. The molecule has 0 unspecified atom stereocenters. The molecule has 0 atom stereocenters. The van der Waals surface area contributed by atoms with E-state index in [4.69, 9.17) is 0 Å². The van der Waals surface area contributed by atoms with E-state index in [1.165, 1.54) is 0 Å². The van der Waals surface area contributed by atoms with Crippen LogP contribution in [0.4, 0.5) is 5.69 Å². The van der Waals surface area contributed by atoms with Gasteiger partial charge in [0, 0.05) is 24.1 Å². The van der Waals surface area contributed by atoms with Crippen LogP contribution in [0.15, 0.2) is 42.0 Å². The molecule has 4 nitrogen and oxygen atoms in total. The van der Waals surface area contributed by atoms with Crippen LogP contribution in [0.5, 0.6) is 0 Å². The molecule has 106 valence electrons. The number of carbonyl (C=O) groups excluding carboxylic acids is 1. The Morgan fingerprint density at radius 2 is 2.05 bits per heavy atom. The van der Waals surface area contributed by atoms with Crippen molar-refractivity contribution in [2.45, 2.75) is 13.8 Å². The molecule has 1 heterocycles. The van der Waals surface area contributed by atoms with Crippen molar-refractivity contribution in [2.24, 2.45) is 7.05 Å². The highest BCUT2D eigenvalue weighted by atomic mass is 16.1. The molecule has 0 bridgehead atoms. The van der Waals surface area contributed by atoms with Crippen LogP contribution in [-0.4, -0.2) is 10.5 Å². The van der Waals surface area contributed by atoms with Gasteiger partial charge in [0.1, 0.15) is 11.6 Å². The minimum Gasteiger partial charge on any atom is -0.348 e. The van der Waals surface area contributed by atoms with Gasteiger partial charge in [0.15, 0.2) is 0 Å². The molecule has 21 heavy (non-hydrogen) atoms. The summed E-state index contributed by atoms with van der Waals surface area (Å²) in [4.78, 5) is 12.2. The van der Waals surface area contributed by atoms with E-state index < -0.39 is 5.91 Å². The van der Waals surface area contributed by atoms with Crippen molar-refractivity contribution in [3.05, 3.63) is 58.9 Å². The monoisotopic (exact) mass is 279 g/mol. The van der Waals surface area contributed by atoms with Crippen molar-refractivity contribution in [3.8, 4) is 6.07 Å². The number of hydrogen-bond acceptors (Lipinski definition) is 2. The van der Waals surface area contributed by atoms with Crippen LogP contribution in [0.2, 0.25) is 0 Å². The van der Waals surface area contributed by atoms with E-state index >= 15 is 0 Å². The second-order valence-corrected chi connectivity index (χ2v) is 4.95. The van der Waals surface area contributed by atoms with Crippen molar-refractivity contribution in [3.63, 3.8) is 0 Å². The number of aromatic nitrogens is 1. The molecule has 1 aromatic carbocycles. The first-order valence-corrected chi connectivity index (χ1v) is 6.63. The number of rotatable bonds is 3. The minimum atomic E-state index is -0.401. The highest BCUT2D eigenvalue weighted by Crippen LogP contribution is 2.14. The number of nitriles is 1. The molecule has 0 fully saturated rings. The van der Waals surface area contributed by atoms with Crippen molar-refractivity contribution in [1.82, 2.24) is 4.57 Å². The zero-order chi connectivity index (χ0) is 15.4. The molecule has 0 aliphatic carbocycles. The number of carbonyl (C=O) groups is 1. The lowest BCUT2D eigenvalue weighted by atomic mass is 10.2. The summed E-state index contributed by atoms with van der Waals surface area (Å²) in [6.07, 6.45) is 1.60. The molecular weight excluding hydrogens is 262 g/mol. The summed E-state index contributed by atoms with van der Waals surface area (Å²) < 4.78 is 1.93. The molecule has 4 heteroatoms. The Morgan fingerprint density at radius 3 is 2.62 bits per heavy atom. The first-order valence-electron chi connectivity index (χ1n) is 6.63. The number of nitrogens with one attached hydrogen (secondary N) is 1. The third-order valence-electron chi connectivity index (χ3n) is 3.34. The largest absolute Gasteiger partial charge is 0.348 e. The van der Waals surface area contributed by atoms with E-state index in [1.54, 1.807) is 12.1 Å². The summed E-state index contributed by atoms with van der Waals surface area (Å²) in [5.41, 5.74) is 3.70. The molecule has 0 aliphatic heterocycles. The predicted molar refractivity (Wildman–Crippen MR) is 83.5 cm³/mol. The first kappa shape index (κ1) is 14.6. The van der Waals surface area contributed by atoms with Crippen LogP contribution in [0.3, 0.4) is 0 Å². The summed E-state index contributed by atoms with van der Waals surface area (Å²) in [6, 6.07) is 13.3. The lowest BCUT2D eigenvalue weighted by molar-refractivity contribution is -0.112. The smallest absolute Gasteiger partial charge is 0.266 e. The minimum absolute atomic E-state index is 0.0812. The van der Waals surface area contributed by atoms with E-state index in [-0.39, 0.29) is 5.57 Å². The van der Waals surface area contributed by atoms with Crippen LogP contribution in [0.1, 0.15) is 17.0 Å². The van der Waals surface area contributed by atoms with E-state index in [9.17, 15) is 10.1 Å². The number of aryl methyl sites for hydroxylation is 2. The maximum Gasteiger partial charge on any atom is 0.266 e. The molecule has 2 aromatic rings. The second-order valence-electron chi connectivity index (χ2n) is 4.95. The molecule has 2 rings (SSSR count). The van der Waals surface area contributed by atoms with Crippen molar-refractivity contribution in [1.29, 1.82) is 5.26 Å². The number of nitrogens with zero attached hydrogens (tertiary/aromatic N) is 2.